The second kappa shape index (κ2) is 7.01. The van der Waals surface area contributed by atoms with Crippen LogP contribution < -0.4 is 10.1 Å². The fourth-order valence-corrected chi connectivity index (χ4v) is 1.85. The predicted molar refractivity (Wildman–Crippen MR) is 85.8 cm³/mol. The van der Waals surface area contributed by atoms with Gasteiger partial charge >= 0.3 is 0 Å². The van der Waals surface area contributed by atoms with Crippen LogP contribution in [0.3, 0.4) is 0 Å². The highest BCUT2D eigenvalue weighted by Crippen LogP contribution is 2.18. The van der Waals surface area contributed by atoms with E-state index in [9.17, 15) is 10.1 Å². The Morgan fingerprint density at radius 1 is 1.30 bits per heavy atom. The quantitative estimate of drug-likeness (QED) is 0.885. The molecule has 0 aliphatic carbocycles. The smallest absolute Gasteiger partial charge is 0.288 e. The van der Waals surface area contributed by atoms with Gasteiger partial charge in [-0.2, -0.15) is 5.26 Å². The van der Waals surface area contributed by atoms with Crippen LogP contribution >= 0.6 is 0 Å². The Kier molecular flexibility index (Phi) is 5.07. The lowest BCUT2D eigenvalue weighted by atomic mass is 9.90. The van der Waals surface area contributed by atoms with E-state index in [1.54, 1.807) is 19.1 Å². The monoisotopic (exact) mass is 312 g/mol. The Hall–Kier alpha value is -2.74. The summed E-state index contributed by atoms with van der Waals surface area (Å²) in [5.74, 6) is 1.01. The molecule has 0 aliphatic rings. The first-order chi connectivity index (χ1) is 10.9. The van der Waals surface area contributed by atoms with Crippen molar-refractivity contribution in [2.75, 3.05) is 0 Å². The number of para-hydroxylation sites is 1. The molecular weight excluding hydrogens is 292 g/mol. The van der Waals surface area contributed by atoms with E-state index in [0.717, 1.165) is 5.75 Å². The lowest BCUT2D eigenvalue weighted by Crippen LogP contribution is -2.48. The molecule has 1 amide bonds. The number of nitrogens with one attached hydrogen (secondary N) is 1. The van der Waals surface area contributed by atoms with Gasteiger partial charge in [0, 0.05) is 0 Å². The van der Waals surface area contributed by atoms with Crippen LogP contribution in [0.5, 0.6) is 5.75 Å². The summed E-state index contributed by atoms with van der Waals surface area (Å²) >= 11 is 0. The molecule has 120 valence electrons. The Labute approximate surface area is 135 Å². The van der Waals surface area contributed by atoms with Crippen LogP contribution in [0, 0.1) is 17.2 Å². The number of carbonyl (C=O) groups excluding carboxylic acids is 1. The Balaban J connectivity index is 1.99. The zero-order chi connectivity index (χ0) is 16.9. The minimum atomic E-state index is -0.940. The zero-order valence-corrected chi connectivity index (χ0v) is 13.5. The summed E-state index contributed by atoms with van der Waals surface area (Å²) in [6.07, 6.45) is 0. The molecular formula is C18H20N2O3. The highest BCUT2D eigenvalue weighted by Gasteiger charge is 2.31. The maximum atomic E-state index is 12.2. The van der Waals surface area contributed by atoms with Gasteiger partial charge in [-0.15, -0.1) is 0 Å². The van der Waals surface area contributed by atoms with Gasteiger partial charge in [0.15, 0.2) is 5.76 Å². The van der Waals surface area contributed by atoms with Crippen molar-refractivity contribution in [3.63, 3.8) is 0 Å². The Bertz CT molecular complexity index is 701. The van der Waals surface area contributed by atoms with Gasteiger partial charge in [0.25, 0.3) is 5.91 Å². The highest BCUT2D eigenvalue weighted by molar-refractivity contribution is 5.92. The van der Waals surface area contributed by atoms with Gasteiger partial charge in [-0.3, -0.25) is 4.79 Å². The molecule has 0 aliphatic heterocycles. The van der Waals surface area contributed by atoms with Crippen molar-refractivity contribution in [1.82, 2.24) is 5.32 Å². The van der Waals surface area contributed by atoms with E-state index in [4.69, 9.17) is 9.15 Å². The van der Waals surface area contributed by atoms with Crippen molar-refractivity contribution < 1.29 is 13.9 Å². The summed E-state index contributed by atoms with van der Waals surface area (Å²) in [5.41, 5.74) is -0.940. The number of furan rings is 1. The molecule has 5 heteroatoms. The Morgan fingerprint density at radius 2 is 2.00 bits per heavy atom. The van der Waals surface area contributed by atoms with Crippen LogP contribution in [0.4, 0.5) is 0 Å². The molecule has 2 aromatic rings. The van der Waals surface area contributed by atoms with Crippen molar-refractivity contribution in [1.29, 1.82) is 5.26 Å². The summed E-state index contributed by atoms with van der Waals surface area (Å²) in [5, 5.41) is 12.0. The number of rotatable bonds is 6. The topological polar surface area (TPSA) is 75.3 Å². The minimum Gasteiger partial charge on any atom is -0.486 e. The molecule has 1 heterocycles. The average Bonchev–Trinajstić information content (AvgIpc) is 3.02. The summed E-state index contributed by atoms with van der Waals surface area (Å²) < 4.78 is 11.1. The molecule has 2 rings (SSSR count). The van der Waals surface area contributed by atoms with E-state index < -0.39 is 11.4 Å². The van der Waals surface area contributed by atoms with E-state index in [1.165, 1.54) is 0 Å². The average molecular weight is 312 g/mol. The number of ether oxygens (including phenoxy) is 1. The van der Waals surface area contributed by atoms with Crippen LogP contribution in [0.25, 0.3) is 0 Å². The van der Waals surface area contributed by atoms with Crippen LogP contribution in [0.15, 0.2) is 46.9 Å². The van der Waals surface area contributed by atoms with Crippen molar-refractivity contribution in [2.45, 2.75) is 32.9 Å². The fourth-order valence-electron chi connectivity index (χ4n) is 1.85. The maximum Gasteiger partial charge on any atom is 0.288 e. The number of benzene rings is 1. The highest BCUT2D eigenvalue weighted by atomic mass is 16.5. The molecule has 0 saturated heterocycles. The molecule has 23 heavy (non-hydrogen) atoms. The van der Waals surface area contributed by atoms with Crippen LogP contribution in [-0.4, -0.2) is 11.4 Å². The molecule has 1 aromatic carbocycles. The molecule has 5 nitrogen and oxygen atoms in total. The predicted octanol–water partition coefficient (Wildman–Crippen LogP) is 3.53. The molecule has 1 unspecified atom stereocenters. The minimum absolute atomic E-state index is 0.0210. The first kappa shape index (κ1) is 16.6. The third-order valence-corrected chi connectivity index (χ3v) is 3.77. The van der Waals surface area contributed by atoms with E-state index in [-0.39, 0.29) is 18.3 Å². The van der Waals surface area contributed by atoms with Crippen molar-refractivity contribution in [2.24, 2.45) is 5.92 Å². The van der Waals surface area contributed by atoms with Gasteiger partial charge in [0.05, 0.1) is 6.07 Å². The lowest BCUT2D eigenvalue weighted by molar-refractivity contribution is 0.0875. The second-order valence-corrected chi connectivity index (χ2v) is 5.79. The number of hydrogen-bond acceptors (Lipinski definition) is 4. The first-order valence-corrected chi connectivity index (χ1v) is 7.45. The molecule has 1 aromatic heterocycles. The number of carbonyl (C=O) groups is 1. The third kappa shape index (κ3) is 4.13. The van der Waals surface area contributed by atoms with Gasteiger partial charge in [-0.1, -0.05) is 32.0 Å². The van der Waals surface area contributed by atoms with E-state index in [2.05, 4.69) is 11.4 Å². The summed E-state index contributed by atoms with van der Waals surface area (Å²) in [6, 6.07) is 14.8. The van der Waals surface area contributed by atoms with Gasteiger partial charge in [0.1, 0.15) is 23.7 Å². The number of hydrogen-bond donors (Lipinski definition) is 1. The van der Waals surface area contributed by atoms with E-state index >= 15 is 0 Å². The van der Waals surface area contributed by atoms with Gasteiger partial charge in [0.2, 0.25) is 0 Å². The lowest BCUT2D eigenvalue weighted by Gasteiger charge is -2.26. The SMILES string of the molecule is CC(C)C(C)(C#N)NC(=O)c1ccc(COc2ccccc2)o1. The molecule has 0 radical (unpaired) electrons. The second-order valence-electron chi connectivity index (χ2n) is 5.79. The van der Waals surface area contributed by atoms with Gasteiger partial charge < -0.3 is 14.5 Å². The fraction of sp³-hybridized carbons (Fsp3) is 0.333. The van der Waals surface area contributed by atoms with Crippen LogP contribution in [0.2, 0.25) is 0 Å². The molecule has 1 atom stereocenters. The van der Waals surface area contributed by atoms with E-state index in [1.807, 2.05) is 44.2 Å². The van der Waals surface area contributed by atoms with E-state index in [0.29, 0.717) is 5.76 Å². The van der Waals surface area contributed by atoms with Gasteiger partial charge in [-0.25, -0.2) is 0 Å². The standard InChI is InChI=1S/C18H20N2O3/c1-13(2)18(3,12-19)20-17(21)16-10-9-15(23-16)11-22-14-7-5-4-6-8-14/h4-10,13H,11H2,1-3H3,(H,20,21). The van der Waals surface area contributed by atoms with Gasteiger partial charge in [-0.05, 0) is 37.1 Å². The zero-order valence-electron chi connectivity index (χ0n) is 13.5. The summed E-state index contributed by atoms with van der Waals surface area (Å²) in [6.45, 7) is 5.68. The first-order valence-electron chi connectivity index (χ1n) is 7.45. The molecule has 0 spiro atoms. The summed E-state index contributed by atoms with van der Waals surface area (Å²) in [4.78, 5) is 12.2. The third-order valence-electron chi connectivity index (χ3n) is 3.77. The maximum absolute atomic E-state index is 12.2. The number of nitriles is 1. The normalized spacial score (nSPS) is 13.2. The summed E-state index contributed by atoms with van der Waals surface area (Å²) in [7, 11) is 0. The molecule has 0 bridgehead atoms. The largest absolute Gasteiger partial charge is 0.486 e. The van der Waals surface area contributed by atoms with Crippen LogP contribution in [0.1, 0.15) is 37.1 Å². The van der Waals surface area contributed by atoms with Crippen molar-refractivity contribution in [3.05, 3.63) is 54.0 Å². The number of amides is 1. The van der Waals surface area contributed by atoms with Crippen molar-refractivity contribution in [3.8, 4) is 11.8 Å². The number of nitrogens with zero attached hydrogens (tertiary/aromatic N) is 1. The molecule has 1 N–H and O–H groups in total. The van der Waals surface area contributed by atoms with Crippen LogP contribution in [-0.2, 0) is 6.61 Å². The molecule has 0 fully saturated rings. The van der Waals surface area contributed by atoms with Crippen molar-refractivity contribution >= 4 is 5.91 Å². The Morgan fingerprint density at radius 3 is 2.61 bits per heavy atom. The molecule has 0 saturated carbocycles.